The smallest absolute Gasteiger partial charge is 0.231 e. The van der Waals surface area contributed by atoms with Crippen molar-refractivity contribution in [2.75, 3.05) is 24.6 Å². The van der Waals surface area contributed by atoms with Crippen molar-refractivity contribution in [2.45, 2.75) is 19.8 Å². The van der Waals surface area contributed by atoms with E-state index in [0.717, 1.165) is 43.1 Å². The SMILES string of the molecule is Cc1cnc(N2CCC(COc3ccc4nccn4n3)CC2)nc1. The van der Waals surface area contributed by atoms with Gasteiger partial charge in [0.1, 0.15) is 0 Å². The van der Waals surface area contributed by atoms with Gasteiger partial charge in [-0.15, -0.1) is 5.10 Å². The van der Waals surface area contributed by atoms with Crippen molar-refractivity contribution in [1.29, 1.82) is 0 Å². The zero-order chi connectivity index (χ0) is 16.4. The van der Waals surface area contributed by atoms with Gasteiger partial charge in [-0.3, -0.25) is 0 Å². The van der Waals surface area contributed by atoms with Crippen molar-refractivity contribution in [3.05, 3.63) is 42.5 Å². The molecule has 4 heterocycles. The highest BCUT2D eigenvalue weighted by Gasteiger charge is 2.21. The van der Waals surface area contributed by atoms with Crippen LogP contribution in [0.4, 0.5) is 5.95 Å². The molecule has 3 aromatic rings. The number of piperidine rings is 1. The Morgan fingerprint density at radius 2 is 1.92 bits per heavy atom. The summed E-state index contributed by atoms with van der Waals surface area (Å²) in [6.45, 7) is 4.62. The zero-order valence-corrected chi connectivity index (χ0v) is 13.7. The van der Waals surface area contributed by atoms with Gasteiger partial charge in [0, 0.05) is 43.9 Å². The number of anilines is 1. The maximum absolute atomic E-state index is 5.87. The van der Waals surface area contributed by atoms with E-state index in [4.69, 9.17) is 4.74 Å². The third-order valence-corrected chi connectivity index (χ3v) is 4.36. The minimum Gasteiger partial charge on any atom is -0.476 e. The third-order valence-electron chi connectivity index (χ3n) is 4.36. The summed E-state index contributed by atoms with van der Waals surface area (Å²) in [6, 6.07) is 3.79. The molecule has 0 aliphatic carbocycles. The van der Waals surface area contributed by atoms with Gasteiger partial charge in [-0.2, -0.15) is 0 Å². The second kappa shape index (κ2) is 6.43. The van der Waals surface area contributed by atoms with Gasteiger partial charge in [-0.05, 0) is 37.3 Å². The van der Waals surface area contributed by atoms with Crippen LogP contribution in [0.15, 0.2) is 36.9 Å². The molecule has 3 aromatic heterocycles. The summed E-state index contributed by atoms with van der Waals surface area (Å²) >= 11 is 0. The van der Waals surface area contributed by atoms with Crippen molar-refractivity contribution in [3.8, 4) is 5.88 Å². The number of rotatable bonds is 4. The average molecular weight is 324 g/mol. The van der Waals surface area contributed by atoms with Gasteiger partial charge < -0.3 is 9.64 Å². The first-order valence-corrected chi connectivity index (χ1v) is 8.25. The molecule has 7 nitrogen and oxygen atoms in total. The van der Waals surface area contributed by atoms with Crippen LogP contribution in [0.5, 0.6) is 5.88 Å². The highest BCUT2D eigenvalue weighted by Crippen LogP contribution is 2.21. The van der Waals surface area contributed by atoms with E-state index in [1.54, 1.807) is 10.7 Å². The second-order valence-electron chi connectivity index (χ2n) is 6.20. The second-order valence-corrected chi connectivity index (χ2v) is 6.20. The van der Waals surface area contributed by atoms with E-state index < -0.39 is 0 Å². The third kappa shape index (κ3) is 3.15. The Labute approximate surface area is 140 Å². The Morgan fingerprint density at radius 3 is 2.71 bits per heavy atom. The summed E-state index contributed by atoms with van der Waals surface area (Å²) in [5.41, 5.74) is 1.91. The fourth-order valence-corrected chi connectivity index (χ4v) is 2.93. The van der Waals surface area contributed by atoms with Crippen LogP contribution in [0.2, 0.25) is 0 Å². The Morgan fingerprint density at radius 1 is 1.12 bits per heavy atom. The van der Waals surface area contributed by atoms with Gasteiger partial charge in [-0.1, -0.05) is 0 Å². The molecule has 0 saturated carbocycles. The number of imidazole rings is 1. The summed E-state index contributed by atoms with van der Waals surface area (Å²) in [4.78, 5) is 15.2. The summed E-state index contributed by atoms with van der Waals surface area (Å²) in [5.74, 6) is 2.00. The molecule has 24 heavy (non-hydrogen) atoms. The first-order chi connectivity index (χ1) is 11.8. The zero-order valence-electron chi connectivity index (χ0n) is 13.7. The monoisotopic (exact) mass is 324 g/mol. The lowest BCUT2D eigenvalue weighted by Crippen LogP contribution is -2.36. The maximum atomic E-state index is 5.87. The molecule has 1 saturated heterocycles. The van der Waals surface area contributed by atoms with E-state index in [1.807, 2.05) is 37.6 Å². The highest BCUT2D eigenvalue weighted by atomic mass is 16.5. The van der Waals surface area contributed by atoms with E-state index in [0.29, 0.717) is 18.4 Å². The minimum atomic E-state index is 0.534. The van der Waals surface area contributed by atoms with Gasteiger partial charge in [-0.25, -0.2) is 19.5 Å². The van der Waals surface area contributed by atoms with Gasteiger partial charge in [0.15, 0.2) is 5.65 Å². The molecule has 0 atom stereocenters. The van der Waals surface area contributed by atoms with E-state index in [9.17, 15) is 0 Å². The van der Waals surface area contributed by atoms with Crippen LogP contribution in [-0.2, 0) is 0 Å². The van der Waals surface area contributed by atoms with Gasteiger partial charge in [0.25, 0.3) is 0 Å². The molecule has 0 unspecified atom stereocenters. The first kappa shape index (κ1) is 14.9. The fraction of sp³-hybridized carbons (Fsp3) is 0.412. The molecule has 1 aliphatic heterocycles. The van der Waals surface area contributed by atoms with Crippen LogP contribution in [0.1, 0.15) is 18.4 Å². The van der Waals surface area contributed by atoms with Crippen LogP contribution in [0.25, 0.3) is 5.65 Å². The molecular formula is C17H20N6O. The number of fused-ring (bicyclic) bond motifs is 1. The summed E-state index contributed by atoms with van der Waals surface area (Å²) in [5, 5.41) is 4.39. The molecule has 0 spiro atoms. The standard InChI is InChI=1S/C17H20N6O/c1-13-10-19-17(20-11-13)22-7-4-14(5-8-22)12-24-16-3-2-15-18-6-9-23(15)21-16/h2-3,6,9-11,14H,4-5,7-8,12H2,1H3. The predicted octanol–water partition coefficient (Wildman–Crippen LogP) is 2.12. The van der Waals surface area contributed by atoms with Crippen LogP contribution >= 0.6 is 0 Å². The number of ether oxygens (including phenoxy) is 1. The molecule has 0 N–H and O–H groups in total. The Kier molecular flexibility index (Phi) is 3.98. The molecule has 0 aromatic carbocycles. The number of hydrogen-bond donors (Lipinski definition) is 0. The molecule has 124 valence electrons. The lowest BCUT2D eigenvalue weighted by molar-refractivity contribution is 0.213. The summed E-state index contributed by atoms with van der Waals surface area (Å²) < 4.78 is 7.60. The lowest BCUT2D eigenvalue weighted by Gasteiger charge is -2.31. The summed E-state index contributed by atoms with van der Waals surface area (Å²) in [6.07, 6.45) is 9.44. The van der Waals surface area contributed by atoms with Gasteiger partial charge in [0.2, 0.25) is 11.8 Å². The van der Waals surface area contributed by atoms with Crippen LogP contribution in [-0.4, -0.2) is 44.3 Å². The number of aryl methyl sites for hydroxylation is 1. The number of aromatic nitrogens is 5. The van der Waals surface area contributed by atoms with Crippen LogP contribution in [0.3, 0.4) is 0 Å². The Bertz CT molecular complexity index is 807. The Balaban J connectivity index is 1.30. The largest absolute Gasteiger partial charge is 0.476 e. The molecule has 1 aliphatic rings. The van der Waals surface area contributed by atoms with E-state index in [-0.39, 0.29) is 0 Å². The Hall–Kier alpha value is -2.70. The lowest BCUT2D eigenvalue weighted by atomic mass is 9.98. The van der Waals surface area contributed by atoms with Crippen LogP contribution in [0, 0.1) is 12.8 Å². The average Bonchev–Trinajstić information content (AvgIpc) is 3.09. The molecule has 1 fully saturated rings. The van der Waals surface area contributed by atoms with Crippen molar-refractivity contribution in [1.82, 2.24) is 24.6 Å². The van der Waals surface area contributed by atoms with Crippen LogP contribution < -0.4 is 9.64 Å². The normalized spacial score (nSPS) is 15.8. The van der Waals surface area contributed by atoms with E-state index >= 15 is 0 Å². The fourth-order valence-electron chi connectivity index (χ4n) is 2.93. The molecule has 0 radical (unpaired) electrons. The first-order valence-electron chi connectivity index (χ1n) is 8.25. The quantitative estimate of drug-likeness (QED) is 0.732. The van der Waals surface area contributed by atoms with E-state index in [1.165, 1.54) is 0 Å². The van der Waals surface area contributed by atoms with Crippen molar-refractivity contribution >= 4 is 11.6 Å². The van der Waals surface area contributed by atoms with E-state index in [2.05, 4.69) is 25.0 Å². The molecule has 0 bridgehead atoms. The molecule has 0 amide bonds. The highest BCUT2D eigenvalue weighted by molar-refractivity contribution is 5.37. The van der Waals surface area contributed by atoms with Crippen molar-refractivity contribution < 1.29 is 4.74 Å². The van der Waals surface area contributed by atoms with Gasteiger partial charge in [0.05, 0.1) is 6.61 Å². The van der Waals surface area contributed by atoms with Crippen molar-refractivity contribution in [2.24, 2.45) is 5.92 Å². The molecular weight excluding hydrogens is 304 g/mol. The summed E-state index contributed by atoms with van der Waals surface area (Å²) in [7, 11) is 0. The van der Waals surface area contributed by atoms with Crippen molar-refractivity contribution in [3.63, 3.8) is 0 Å². The minimum absolute atomic E-state index is 0.534. The topological polar surface area (TPSA) is 68.4 Å². The van der Waals surface area contributed by atoms with Gasteiger partial charge >= 0.3 is 0 Å². The predicted molar refractivity (Wildman–Crippen MR) is 90.2 cm³/mol. The maximum Gasteiger partial charge on any atom is 0.231 e. The number of nitrogens with zero attached hydrogens (tertiary/aromatic N) is 6. The molecule has 4 rings (SSSR count). The number of hydrogen-bond acceptors (Lipinski definition) is 6. The molecule has 7 heteroatoms.